The molecule has 4 rings (SSSR count). The zero-order chi connectivity index (χ0) is 18.6. The van der Waals surface area contributed by atoms with Crippen molar-refractivity contribution >= 4 is 5.91 Å². The minimum Gasteiger partial charge on any atom is -0.497 e. The first-order valence-corrected chi connectivity index (χ1v) is 10.0. The maximum atomic E-state index is 12.6. The number of ether oxygens (including phenoxy) is 1. The van der Waals surface area contributed by atoms with Gasteiger partial charge in [0.15, 0.2) is 0 Å². The maximum Gasteiger partial charge on any atom is 0.220 e. The van der Waals surface area contributed by atoms with Crippen LogP contribution < -0.4 is 10.1 Å². The Balaban J connectivity index is 1.38. The predicted molar refractivity (Wildman–Crippen MR) is 102 cm³/mol. The van der Waals surface area contributed by atoms with Crippen molar-refractivity contribution in [2.75, 3.05) is 7.11 Å². The summed E-state index contributed by atoms with van der Waals surface area (Å²) in [7, 11) is 1.69. The van der Waals surface area contributed by atoms with Crippen molar-refractivity contribution in [1.29, 1.82) is 0 Å². The molecule has 4 atom stereocenters. The summed E-state index contributed by atoms with van der Waals surface area (Å²) in [6.07, 6.45) is 9.64. The first kappa shape index (κ1) is 18.0. The quantitative estimate of drug-likeness (QED) is 0.815. The Kier molecular flexibility index (Phi) is 5.41. The van der Waals surface area contributed by atoms with Crippen LogP contribution in [0.5, 0.6) is 5.75 Å². The fourth-order valence-electron chi connectivity index (χ4n) is 4.95. The number of methoxy groups -OCH3 is 1. The molecule has 2 aliphatic carbocycles. The minimum absolute atomic E-state index is 0.155. The molecule has 0 spiro atoms. The molecular formula is C21H28N4O2. The van der Waals surface area contributed by atoms with Gasteiger partial charge in [-0.3, -0.25) is 9.48 Å². The van der Waals surface area contributed by atoms with Crippen molar-refractivity contribution in [3.05, 3.63) is 42.5 Å². The number of amides is 1. The normalized spacial score (nSPS) is 26.7. The lowest BCUT2D eigenvalue weighted by atomic mass is 9.53. The molecular weight excluding hydrogens is 340 g/mol. The lowest BCUT2D eigenvalue weighted by molar-refractivity contribution is -0.125. The molecule has 6 nitrogen and oxygen atoms in total. The van der Waals surface area contributed by atoms with Crippen molar-refractivity contribution in [3.63, 3.8) is 0 Å². The number of hydrogen-bond acceptors (Lipinski definition) is 4. The van der Waals surface area contributed by atoms with Gasteiger partial charge >= 0.3 is 0 Å². The molecule has 1 amide bonds. The van der Waals surface area contributed by atoms with Crippen molar-refractivity contribution in [1.82, 2.24) is 20.1 Å². The zero-order valence-corrected chi connectivity index (χ0v) is 15.9. The molecule has 2 aromatic rings. The van der Waals surface area contributed by atoms with E-state index >= 15 is 0 Å². The molecule has 0 radical (unpaired) electrons. The van der Waals surface area contributed by atoms with Gasteiger partial charge < -0.3 is 10.1 Å². The summed E-state index contributed by atoms with van der Waals surface area (Å²) in [6.45, 7) is 0.728. The van der Waals surface area contributed by atoms with Crippen molar-refractivity contribution < 1.29 is 9.53 Å². The smallest absolute Gasteiger partial charge is 0.220 e. The van der Waals surface area contributed by atoms with E-state index in [2.05, 4.69) is 27.5 Å². The van der Waals surface area contributed by atoms with Crippen molar-refractivity contribution in [2.45, 2.75) is 57.0 Å². The number of hydrogen-bond donors (Lipinski definition) is 1. The van der Waals surface area contributed by atoms with Crippen molar-refractivity contribution in [2.24, 2.45) is 11.8 Å². The number of benzene rings is 1. The van der Waals surface area contributed by atoms with Gasteiger partial charge in [-0.1, -0.05) is 25.0 Å². The number of nitrogens with zero attached hydrogens (tertiary/aromatic N) is 3. The number of aromatic nitrogens is 3. The van der Waals surface area contributed by atoms with Crippen LogP contribution in [0.3, 0.4) is 0 Å². The van der Waals surface area contributed by atoms with Crippen LogP contribution in [-0.2, 0) is 11.3 Å². The highest BCUT2D eigenvalue weighted by Crippen LogP contribution is 2.54. The second kappa shape index (κ2) is 8.11. The molecule has 0 bridgehead atoms. The Morgan fingerprint density at radius 2 is 2.00 bits per heavy atom. The third kappa shape index (κ3) is 3.84. The minimum atomic E-state index is 0.155. The highest BCUT2D eigenvalue weighted by Gasteiger charge is 2.51. The van der Waals surface area contributed by atoms with Gasteiger partial charge in [-0.25, -0.2) is 4.98 Å². The number of carbonyl (C=O) groups is 1. The van der Waals surface area contributed by atoms with Crippen LogP contribution in [0.1, 0.15) is 50.0 Å². The van der Waals surface area contributed by atoms with Crippen LogP contribution >= 0.6 is 0 Å². The Hall–Kier alpha value is -2.37. The number of nitrogens with one attached hydrogen (secondary N) is 1. The molecule has 6 heteroatoms. The van der Waals surface area contributed by atoms with Crippen LogP contribution in [0.4, 0.5) is 0 Å². The van der Waals surface area contributed by atoms with Gasteiger partial charge in [-0.15, -0.1) is 0 Å². The van der Waals surface area contributed by atoms with E-state index in [9.17, 15) is 4.79 Å². The first-order valence-electron chi connectivity index (χ1n) is 10.0. The number of carbonyl (C=O) groups excluding carboxylic acids is 1. The summed E-state index contributed by atoms with van der Waals surface area (Å²) < 4.78 is 7.06. The van der Waals surface area contributed by atoms with Crippen LogP contribution in [0, 0.1) is 11.8 Å². The van der Waals surface area contributed by atoms with Crippen LogP contribution in [0.2, 0.25) is 0 Å². The summed E-state index contributed by atoms with van der Waals surface area (Å²) in [5, 5.41) is 7.44. The summed E-state index contributed by atoms with van der Waals surface area (Å²) >= 11 is 0. The summed E-state index contributed by atoms with van der Waals surface area (Å²) in [5.41, 5.74) is 1.33. The molecule has 1 aromatic carbocycles. The molecule has 27 heavy (non-hydrogen) atoms. The predicted octanol–water partition coefficient (Wildman–Crippen LogP) is 3.16. The lowest BCUT2D eigenvalue weighted by Gasteiger charge is -2.55. The zero-order valence-electron chi connectivity index (χ0n) is 15.9. The van der Waals surface area contributed by atoms with E-state index in [-0.39, 0.29) is 11.9 Å². The Labute approximate surface area is 160 Å². The topological polar surface area (TPSA) is 69.0 Å². The first-order chi connectivity index (χ1) is 13.3. The Morgan fingerprint density at radius 1 is 1.22 bits per heavy atom. The molecule has 0 aliphatic heterocycles. The van der Waals surface area contributed by atoms with Gasteiger partial charge in [0.05, 0.1) is 7.11 Å². The third-order valence-electron chi connectivity index (χ3n) is 6.27. The molecule has 144 valence electrons. The molecule has 2 fully saturated rings. The molecule has 2 saturated carbocycles. The SMILES string of the molecule is COc1ccc([C@H]2[C@@H]3CCCC[C@@H]3[C@@H]2NC(=O)CCCn2cncn2)cc1. The Morgan fingerprint density at radius 3 is 2.70 bits per heavy atom. The van der Waals surface area contributed by atoms with E-state index in [4.69, 9.17) is 4.74 Å². The third-order valence-corrected chi connectivity index (χ3v) is 6.27. The maximum absolute atomic E-state index is 12.6. The number of aryl methyl sites for hydroxylation is 1. The summed E-state index contributed by atoms with van der Waals surface area (Å²) in [4.78, 5) is 16.5. The van der Waals surface area contributed by atoms with Crippen LogP contribution in [-0.4, -0.2) is 33.8 Å². The standard InChI is InChI=1S/C21H28N4O2/c1-27-16-10-8-15(9-11-16)20-17-5-2-3-6-18(17)21(20)24-19(26)7-4-12-25-14-22-13-23-25/h8-11,13-14,17-18,20-21H,2-7,12H2,1H3,(H,24,26)/t17-,18+,20+,21+/m1/s1. The van der Waals surface area contributed by atoms with Gasteiger partial charge in [-0.05, 0) is 48.8 Å². The second-order valence-corrected chi connectivity index (χ2v) is 7.77. The monoisotopic (exact) mass is 368 g/mol. The van der Waals surface area contributed by atoms with Crippen molar-refractivity contribution in [3.8, 4) is 5.75 Å². The fraction of sp³-hybridized carbons (Fsp3) is 0.571. The Bertz CT molecular complexity index is 744. The van der Waals surface area contributed by atoms with Gasteiger partial charge in [0.2, 0.25) is 5.91 Å². The van der Waals surface area contributed by atoms with Crippen LogP contribution in [0.25, 0.3) is 0 Å². The molecule has 2 aliphatic rings. The molecule has 0 unspecified atom stereocenters. The fourth-order valence-corrected chi connectivity index (χ4v) is 4.95. The van der Waals surface area contributed by atoms with E-state index < -0.39 is 0 Å². The molecule has 1 aromatic heterocycles. The highest BCUT2D eigenvalue weighted by atomic mass is 16.5. The van der Waals surface area contributed by atoms with E-state index in [0.717, 1.165) is 18.7 Å². The van der Waals surface area contributed by atoms with E-state index in [0.29, 0.717) is 24.2 Å². The average molecular weight is 368 g/mol. The highest BCUT2D eigenvalue weighted by molar-refractivity contribution is 5.76. The number of fused-ring (bicyclic) bond motifs is 1. The lowest BCUT2D eigenvalue weighted by Crippen LogP contribution is -2.59. The van der Waals surface area contributed by atoms with Gasteiger partial charge in [-0.2, -0.15) is 5.10 Å². The average Bonchev–Trinajstić information content (AvgIpc) is 3.20. The largest absolute Gasteiger partial charge is 0.497 e. The van der Waals surface area contributed by atoms with Gasteiger partial charge in [0, 0.05) is 24.9 Å². The number of rotatable bonds is 7. The van der Waals surface area contributed by atoms with Gasteiger partial charge in [0.1, 0.15) is 18.4 Å². The van der Waals surface area contributed by atoms with E-state index in [1.165, 1.54) is 37.6 Å². The van der Waals surface area contributed by atoms with E-state index in [1.807, 2.05) is 12.1 Å². The van der Waals surface area contributed by atoms with Crippen LogP contribution in [0.15, 0.2) is 36.9 Å². The molecule has 0 saturated heterocycles. The van der Waals surface area contributed by atoms with E-state index in [1.54, 1.807) is 18.1 Å². The molecule has 1 heterocycles. The van der Waals surface area contributed by atoms with Gasteiger partial charge in [0.25, 0.3) is 0 Å². The molecule has 1 N–H and O–H groups in total. The summed E-state index contributed by atoms with van der Waals surface area (Å²) in [6, 6.07) is 8.66. The summed E-state index contributed by atoms with van der Waals surface area (Å²) in [5.74, 6) is 2.80. The second-order valence-electron chi connectivity index (χ2n) is 7.77.